The average Bonchev–Trinajstić information content (AvgIpc) is 2.37. The molecule has 0 saturated heterocycles. The largest absolute Gasteiger partial charge is 0.328 e. The maximum atomic E-state index is 12.3. The predicted molar refractivity (Wildman–Crippen MR) is 79.4 cm³/mol. The van der Waals surface area contributed by atoms with Crippen LogP contribution in [0.4, 0.5) is 5.69 Å². The number of benzene rings is 1. The van der Waals surface area contributed by atoms with Crippen molar-refractivity contribution < 1.29 is 4.79 Å². The van der Waals surface area contributed by atoms with Crippen LogP contribution in [0.2, 0.25) is 0 Å². The van der Waals surface area contributed by atoms with Crippen LogP contribution >= 0.6 is 0 Å². The maximum absolute atomic E-state index is 12.3. The second-order valence-corrected chi connectivity index (χ2v) is 5.65. The SMILES string of the molecule is Cc1ccc2c(c1)CCCN2C(=O)CCCC(C)N. The van der Waals surface area contributed by atoms with Crippen molar-refractivity contribution in [1.29, 1.82) is 0 Å². The quantitative estimate of drug-likeness (QED) is 0.905. The van der Waals surface area contributed by atoms with Crippen molar-refractivity contribution in [3.63, 3.8) is 0 Å². The molecule has 0 fully saturated rings. The molecule has 1 heterocycles. The number of hydrogen-bond donors (Lipinski definition) is 1. The minimum Gasteiger partial charge on any atom is -0.328 e. The van der Waals surface area contributed by atoms with Gasteiger partial charge in [0.1, 0.15) is 0 Å². The third-order valence-electron chi connectivity index (χ3n) is 3.70. The summed E-state index contributed by atoms with van der Waals surface area (Å²) in [6, 6.07) is 6.57. The Labute approximate surface area is 115 Å². The summed E-state index contributed by atoms with van der Waals surface area (Å²) < 4.78 is 0. The predicted octanol–water partition coefficient (Wildman–Crippen LogP) is 2.79. The third kappa shape index (κ3) is 3.57. The zero-order valence-corrected chi connectivity index (χ0v) is 12.0. The molecule has 0 bridgehead atoms. The van der Waals surface area contributed by atoms with Gasteiger partial charge in [-0.1, -0.05) is 17.7 Å². The topological polar surface area (TPSA) is 46.3 Å². The van der Waals surface area contributed by atoms with Gasteiger partial charge in [0.05, 0.1) is 0 Å². The molecule has 1 atom stereocenters. The van der Waals surface area contributed by atoms with Crippen LogP contribution in [-0.2, 0) is 11.2 Å². The van der Waals surface area contributed by atoms with Gasteiger partial charge in [-0.2, -0.15) is 0 Å². The van der Waals surface area contributed by atoms with Gasteiger partial charge in [0.15, 0.2) is 0 Å². The fraction of sp³-hybridized carbons (Fsp3) is 0.562. The van der Waals surface area contributed by atoms with Crippen molar-refractivity contribution in [3.05, 3.63) is 29.3 Å². The van der Waals surface area contributed by atoms with E-state index in [1.165, 1.54) is 11.1 Å². The molecule has 0 spiro atoms. The highest BCUT2D eigenvalue weighted by Crippen LogP contribution is 2.28. The molecule has 0 aliphatic carbocycles. The number of amides is 1. The fourth-order valence-corrected chi connectivity index (χ4v) is 2.70. The van der Waals surface area contributed by atoms with E-state index in [0.29, 0.717) is 6.42 Å². The maximum Gasteiger partial charge on any atom is 0.226 e. The normalized spacial score (nSPS) is 16.1. The summed E-state index contributed by atoms with van der Waals surface area (Å²) in [6.07, 6.45) is 4.56. The van der Waals surface area contributed by atoms with Crippen molar-refractivity contribution in [3.8, 4) is 0 Å². The molecule has 0 saturated carbocycles. The Kier molecular flexibility index (Phi) is 4.59. The molecule has 19 heavy (non-hydrogen) atoms. The Morgan fingerprint density at radius 3 is 3.00 bits per heavy atom. The van der Waals surface area contributed by atoms with E-state index >= 15 is 0 Å². The molecule has 1 aliphatic rings. The molecule has 1 unspecified atom stereocenters. The van der Waals surface area contributed by atoms with Gasteiger partial charge in [0.2, 0.25) is 5.91 Å². The average molecular weight is 260 g/mol. The molecule has 1 aliphatic heterocycles. The van der Waals surface area contributed by atoms with E-state index in [1.54, 1.807) is 0 Å². The van der Waals surface area contributed by atoms with Crippen LogP contribution in [0.25, 0.3) is 0 Å². The van der Waals surface area contributed by atoms with Gasteiger partial charge in [0.25, 0.3) is 0 Å². The molecular weight excluding hydrogens is 236 g/mol. The minimum absolute atomic E-state index is 0.184. The lowest BCUT2D eigenvalue weighted by atomic mass is 9.99. The van der Waals surface area contributed by atoms with E-state index < -0.39 is 0 Å². The molecule has 2 rings (SSSR count). The van der Waals surface area contributed by atoms with E-state index in [9.17, 15) is 4.79 Å². The van der Waals surface area contributed by atoms with Crippen molar-refractivity contribution >= 4 is 11.6 Å². The van der Waals surface area contributed by atoms with Crippen molar-refractivity contribution in [1.82, 2.24) is 0 Å². The van der Waals surface area contributed by atoms with Crippen molar-refractivity contribution in [2.45, 2.75) is 52.0 Å². The zero-order valence-electron chi connectivity index (χ0n) is 12.0. The molecule has 2 N–H and O–H groups in total. The van der Waals surface area contributed by atoms with Crippen LogP contribution in [0.5, 0.6) is 0 Å². The first-order valence-electron chi connectivity index (χ1n) is 7.23. The Balaban J connectivity index is 2.04. The lowest BCUT2D eigenvalue weighted by molar-refractivity contribution is -0.118. The van der Waals surface area contributed by atoms with Crippen molar-refractivity contribution in [2.24, 2.45) is 5.73 Å². The highest BCUT2D eigenvalue weighted by atomic mass is 16.2. The number of aryl methyl sites for hydroxylation is 2. The fourth-order valence-electron chi connectivity index (χ4n) is 2.70. The molecular formula is C16H24N2O. The molecule has 3 heteroatoms. The van der Waals surface area contributed by atoms with E-state index in [4.69, 9.17) is 5.73 Å². The van der Waals surface area contributed by atoms with E-state index in [0.717, 1.165) is 37.9 Å². The number of carbonyl (C=O) groups is 1. The van der Waals surface area contributed by atoms with Gasteiger partial charge < -0.3 is 10.6 Å². The Morgan fingerprint density at radius 2 is 2.26 bits per heavy atom. The van der Waals surface area contributed by atoms with Crippen LogP contribution in [0.1, 0.15) is 43.7 Å². The number of anilines is 1. The summed E-state index contributed by atoms with van der Waals surface area (Å²) in [7, 11) is 0. The lowest BCUT2D eigenvalue weighted by Gasteiger charge is -2.30. The number of carbonyl (C=O) groups excluding carboxylic acids is 1. The van der Waals surface area contributed by atoms with Crippen molar-refractivity contribution in [2.75, 3.05) is 11.4 Å². The van der Waals surface area contributed by atoms with Gasteiger partial charge >= 0.3 is 0 Å². The minimum atomic E-state index is 0.184. The third-order valence-corrected chi connectivity index (χ3v) is 3.70. The molecule has 0 radical (unpaired) electrons. The highest BCUT2D eigenvalue weighted by Gasteiger charge is 2.21. The number of nitrogens with zero attached hydrogens (tertiary/aromatic N) is 1. The van der Waals surface area contributed by atoms with Crippen LogP contribution < -0.4 is 10.6 Å². The van der Waals surface area contributed by atoms with Gasteiger partial charge in [0, 0.05) is 24.7 Å². The molecule has 1 aromatic rings. The first kappa shape index (κ1) is 14.1. The first-order valence-corrected chi connectivity index (χ1v) is 7.23. The molecule has 1 amide bonds. The molecule has 0 aromatic heterocycles. The highest BCUT2D eigenvalue weighted by molar-refractivity contribution is 5.94. The second kappa shape index (κ2) is 6.20. The Bertz CT molecular complexity index is 454. The van der Waals surface area contributed by atoms with E-state index in [2.05, 4.69) is 25.1 Å². The Morgan fingerprint density at radius 1 is 1.47 bits per heavy atom. The number of nitrogens with two attached hydrogens (primary N) is 1. The van der Waals surface area contributed by atoms with Crippen LogP contribution in [0.3, 0.4) is 0 Å². The summed E-state index contributed by atoms with van der Waals surface area (Å²) in [5.74, 6) is 0.241. The summed E-state index contributed by atoms with van der Waals surface area (Å²) in [5, 5.41) is 0. The van der Waals surface area contributed by atoms with Gasteiger partial charge in [-0.25, -0.2) is 0 Å². The summed E-state index contributed by atoms with van der Waals surface area (Å²) in [5.41, 5.74) is 9.42. The van der Waals surface area contributed by atoms with E-state index in [-0.39, 0.29) is 11.9 Å². The second-order valence-electron chi connectivity index (χ2n) is 5.65. The molecule has 1 aromatic carbocycles. The summed E-state index contributed by atoms with van der Waals surface area (Å²) >= 11 is 0. The van der Waals surface area contributed by atoms with E-state index in [1.807, 2.05) is 11.8 Å². The van der Waals surface area contributed by atoms with Crippen LogP contribution in [-0.4, -0.2) is 18.5 Å². The van der Waals surface area contributed by atoms with Crippen LogP contribution in [0, 0.1) is 6.92 Å². The summed E-state index contributed by atoms with van der Waals surface area (Å²) in [6.45, 7) is 4.94. The monoisotopic (exact) mass is 260 g/mol. The number of fused-ring (bicyclic) bond motifs is 1. The Hall–Kier alpha value is -1.35. The zero-order chi connectivity index (χ0) is 13.8. The molecule has 3 nitrogen and oxygen atoms in total. The number of hydrogen-bond acceptors (Lipinski definition) is 2. The smallest absolute Gasteiger partial charge is 0.226 e. The number of rotatable bonds is 4. The first-order chi connectivity index (χ1) is 9.08. The summed E-state index contributed by atoms with van der Waals surface area (Å²) in [4.78, 5) is 14.3. The lowest BCUT2D eigenvalue weighted by Crippen LogP contribution is -2.35. The molecule has 104 valence electrons. The standard InChI is InChI=1S/C16H24N2O/c1-12-8-9-15-14(11-12)6-4-10-18(15)16(19)7-3-5-13(2)17/h8-9,11,13H,3-7,10,17H2,1-2H3. The van der Waals surface area contributed by atoms with Crippen LogP contribution in [0.15, 0.2) is 18.2 Å². The van der Waals surface area contributed by atoms with Gasteiger partial charge in [-0.15, -0.1) is 0 Å². The van der Waals surface area contributed by atoms with Gasteiger partial charge in [-0.05, 0) is 51.2 Å². The van der Waals surface area contributed by atoms with Gasteiger partial charge in [-0.3, -0.25) is 4.79 Å².